The summed E-state index contributed by atoms with van der Waals surface area (Å²) in [5.74, 6) is -0.242. The smallest absolute Gasteiger partial charge is 0.147 e. The number of rotatable bonds is 2. The van der Waals surface area contributed by atoms with Gasteiger partial charge in [0.25, 0.3) is 0 Å². The molecule has 0 saturated carbocycles. The van der Waals surface area contributed by atoms with Crippen molar-refractivity contribution in [1.82, 2.24) is 9.97 Å². The summed E-state index contributed by atoms with van der Waals surface area (Å²) in [7, 11) is 0. The Morgan fingerprint density at radius 2 is 2.00 bits per heavy atom. The molecule has 1 aromatic heterocycles. The average Bonchev–Trinajstić information content (AvgIpc) is 2.61. The van der Waals surface area contributed by atoms with E-state index in [0.717, 1.165) is 46.0 Å². The number of nitrogens with two attached hydrogens (primary N) is 1. The van der Waals surface area contributed by atoms with Gasteiger partial charge in [-0.05, 0) is 43.2 Å². The van der Waals surface area contributed by atoms with Gasteiger partial charge in [0.1, 0.15) is 12.1 Å². The molecule has 136 valence electrons. The minimum absolute atomic E-state index is 0. The number of benzene rings is 2. The molecule has 1 atom stereocenters. The Labute approximate surface area is 166 Å². The van der Waals surface area contributed by atoms with Crippen LogP contribution in [0.25, 0.3) is 22.2 Å². The maximum absolute atomic E-state index is 14.8. The minimum Gasteiger partial charge on any atom is -0.368 e. The third kappa shape index (κ3) is 3.68. The molecule has 0 amide bonds. The molecule has 1 fully saturated rings. The zero-order valence-corrected chi connectivity index (χ0v) is 16.4. The fourth-order valence-corrected chi connectivity index (χ4v) is 3.76. The van der Waals surface area contributed by atoms with Crippen molar-refractivity contribution >= 4 is 44.9 Å². The quantitative estimate of drug-likeness (QED) is 0.639. The molecule has 1 aliphatic heterocycles. The topological polar surface area (TPSA) is 55.0 Å². The fraction of sp³-hybridized carbons (Fsp3) is 0.263. The summed E-state index contributed by atoms with van der Waals surface area (Å²) in [5.41, 5.74) is 8.94. The Morgan fingerprint density at radius 3 is 2.77 bits per heavy atom. The third-order valence-corrected chi connectivity index (χ3v) is 5.11. The highest BCUT2D eigenvalue weighted by molar-refractivity contribution is 9.10. The normalized spacial score (nSPS) is 17.2. The molecule has 2 heterocycles. The van der Waals surface area contributed by atoms with E-state index in [1.807, 2.05) is 35.2 Å². The minimum atomic E-state index is -0.242. The largest absolute Gasteiger partial charge is 0.368 e. The molecule has 2 aromatic carbocycles. The van der Waals surface area contributed by atoms with Crippen LogP contribution in [0.3, 0.4) is 0 Å². The van der Waals surface area contributed by atoms with Crippen LogP contribution in [0.1, 0.15) is 12.8 Å². The van der Waals surface area contributed by atoms with Gasteiger partial charge >= 0.3 is 0 Å². The Balaban J connectivity index is 0.00000196. The zero-order valence-electron chi connectivity index (χ0n) is 14.0. The number of halogens is 3. The molecule has 3 aromatic rings. The van der Waals surface area contributed by atoms with Crippen LogP contribution >= 0.6 is 28.3 Å². The molecule has 1 saturated heterocycles. The number of anilines is 1. The second kappa shape index (κ2) is 7.86. The van der Waals surface area contributed by atoms with Crippen molar-refractivity contribution in [3.63, 3.8) is 0 Å². The predicted molar refractivity (Wildman–Crippen MR) is 109 cm³/mol. The average molecular weight is 438 g/mol. The van der Waals surface area contributed by atoms with Crippen molar-refractivity contribution < 1.29 is 4.39 Å². The summed E-state index contributed by atoms with van der Waals surface area (Å²) in [5, 5.41) is 0.893. The lowest BCUT2D eigenvalue weighted by Gasteiger charge is -2.32. The number of nitrogens with zero attached hydrogens (tertiary/aromatic N) is 3. The van der Waals surface area contributed by atoms with Gasteiger partial charge < -0.3 is 10.6 Å². The second-order valence-electron chi connectivity index (χ2n) is 6.40. The van der Waals surface area contributed by atoms with E-state index in [0.29, 0.717) is 12.2 Å². The van der Waals surface area contributed by atoms with Crippen molar-refractivity contribution in [2.45, 2.75) is 18.9 Å². The standard InChI is InChI=1S/C19H18BrFN4.ClH/c20-13-4-5-17-15(9-13)19(24-11-23-17)12-3-6-18(16(21)8-12)25-7-1-2-14(22)10-25;/h3-6,8-9,11,14H,1-2,7,10,22H2;1H/t14-;/m1./s1. The molecule has 0 aliphatic carbocycles. The Hall–Kier alpha value is -1.76. The summed E-state index contributed by atoms with van der Waals surface area (Å²) in [6, 6.07) is 11.2. The highest BCUT2D eigenvalue weighted by Crippen LogP contribution is 2.31. The van der Waals surface area contributed by atoms with Gasteiger partial charge in [0.2, 0.25) is 0 Å². The van der Waals surface area contributed by atoms with Gasteiger partial charge in [-0.3, -0.25) is 0 Å². The van der Waals surface area contributed by atoms with Gasteiger partial charge in [-0.25, -0.2) is 14.4 Å². The van der Waals surface area contributed by atoms with Gasteiger partial charge in [0, 0.05) is 34.6 Å². The molecular formula is C19H19BrClFN4. The second-order valence-corrected chi connectivity index (χ2v) is 7.31. The van der Waals surface area contributed by atoms with Crippen molar-refractivity contribution in [1.29, 1.82) is 0 Å². The van der Waals surface area contributed by atoms with Crippen molar-refractivity contribution in [3.8, 4) is 11.3 Å². The monoisotopic (exact) mass is 436 g/mol. The SMILES string of the molecule is Cl.N[C@@H]1CCCN(c2ccc(-c3ncnc4ccc(Br)cc34)cc2F)C1. The van der Waals surface area contributed by atoms with Crippen molar-refractivity contribution in [2.75, 3.05) is 18.0 Å². The first-order valence-corrected chi connectivity index (χ1v) is 9.12. The highest BCUT2D eigenvalue weighted by atomic mass is 79.9. The predicted octanol–water partition coefficient (Wildman–Crippen LogP) is 4.55. The Morgan fingerprint density at radius 1 is 1.15 bits per heavy atom. The lowest BCUT2D eigenvalue weighted by Crippen LogP contribution is -2.43. The summed E-state index contributed by atoms with van der Waals surface area (Å²) in [6.45, 7) is 1.53. The van der Waals surface area contributed by atoms with E-state index in [4.69, 9.17) is 5.73 Å². The van der Waals surface area contributed by atoms with Crippen LogP contribution in [0.4, 0.5) is 10.1 Å². The van der Waals surface area contributed by atoms with E-state index in [1.54, 1.807) is 6.07 Å². The highest BCUT2D eigenvalue weighted by Gasteiger charge is 2.20. The van der Waals surface area contributed by atoms with Crippen LogP contribution in [0.2, 0.25) is 0 Å². The molecular weight excluding hydrogens is 419 g/mol. The molecule has 0 unspecified atom stereocenters. The Kier molecular flexibility index (Phi) is 5.75. The molecule has 0 radical (unpaired) electrons. The third-order valence-electron chi connectivity index (χ3n) is 4.62. The van der Waals surface area contributed by atoms with Gasteiger partial charge in [0.15, 0.2) is 0 Å². The first-order chi connectivity index (χ1) is 12.1. The fourth-order valence-electron chi connectivity index (χ4n) is 3.40. The molecule has 2 N–H and O–H groups in total. The molecule has 0 bridgehead atoms. The maximum Gasteiger partial charge on any atom is 0.147 e. The zero-order chi connectivity index (χ0) is 17.4. The van der Waals surface area contributed by atoms with E-state index < -0.39 is 0 Å². The Bertz CT molecular complexity index is 937. The maximum atomic E-state index is 14.8. The molecule has 4 rings (SSSR count). The molecule has 26 heavy (non-hydrogen) atoms. The number of hydrogen-bond donors (Lipinski definition) is 1. The van der Waals surface area contributed by atoms with E-state index in [2.05, 4.69) is 25.9 Å². The summed E-state index contributed by atoms with van der Waals surface area (Å²) in [6.07, 6.45) is 3.51. The first kappa shape index (κ1) is 19.0. The van der Waals surface area contributed by atoms with Crippen LogP contribution in [-0.4, -0.2) is 29.1 Å². The molecule has 7 heteroatoms. The molecule has 4 nitrogen and oxygen atoms in total. The van der Waals surface area contributed by atoms with Crippen LogP contribution in [-0.2, 0) is 0 Å². The van der Waals surface area contributed by atoms with Crippen LogP contribution in [0, 0.1) is 5.82 Å². The number of piperidine rings is 1. The number of aromatic nitrogens is 2. The number of fused-ring (bicyclic) bond motifs is 1. The van der Waals surface area contributed by atoms with Gasteiger partial charge in [-0.1, -0.05) is 22.0 Å². The van der Waals surface area contributed by atoms with Crippen molar-refractivity contribution in [2.24, 2.45) is 5.73 Å². The summed E-state index contributed by atoms with van der Waals surface area (Å²) >= 11 is 3.47. The van der Waals surface area contributed by atoms with Gasteiger partial charge in [-0.15, -0.1) is 12.4 Å². The van der Waals surface area contributed by atoms with Gasteiger partial charge in [0.05, 0.1) is 16.9 Å². The van der Waals surface area contributed by atoms with Crippen molar-refractivity contribution in [3.05, 3.63) is 53.0 Å². The van der Waals surface area contributed by atoms with Crippen LogP contribution in [0.15, 0.2) is 47.2 Å². The number of hydrogen-bond acceptors (Lipinski definition) is 4. The van der Waals surface area contributed by atoms with E-state index in [-0.39, 0.29) is 24.3 Å². The van der Waals surface area contributed by atoms with Crippen LogP contribution < -0.4 is 10.6 Å². The lowest BCUT2D eigenvalue weighted by atomic mass is 10.0. The lowest BCUT2D eigenvalue weighted by molar-refractivity contribution is 0.498. The van der Waals surface area contributed by atoms with Crippen LogP contribution in [0.5, 0.6) is 0 Å². The molecule has 1 aliphatic rings. The first-order valence-electron chi connectivity index (χ1n) is 8.32. The summed E-state index contributed by atoms with van der Waals surface area (Å²) in [4.78, 5) is 10.7. The summed E-state index contributed by atoms with van der Waals surface area (Å²) < 4.78 is 15.7. The molecule has 0 spiro atoms. The van der Waals surface area contributed by atoms with E-state index in [9.17, 15) is 4.39 Å². The van der Waals surface area contributed by atoms with E-state index >= 15 is 0 Å². The van der Waals surface area contributed by atoms with Gasteiger partial charge in [-0.2, -0.15) is 0 Å². The van der Waals surface area contributed by atoms with E-state index in [1.165, 1.54) is 6.33 Å².